The smallest absolute Gasteiger partial charge is 0.305 e. The Labute approximate surface area is 236 Å². The van der Waals surface area contributed by atoms with Crippen LogP contribution in [0.4, 0.5) is 0 Å². The van der Waals surface area contributed by atoms with E-state index in [0.29, 0.717) is 11.5 Å². The summed E-state index contributed by atoms with van der Waals surface area (Å²) in [5.41, 5.74) is 0. The number of Topliss-reactive ketones (excluding diaryl/α,β-unsaturated/α-hetero) is 1. The highest BCUT2D eigenvalue weighted by Gasteiger charge is 2.30. The summed E-state index contributed by atoms with van der Waals surface area (Å²) in [6, 6.07) is 18.0. The summed E-state index contributed by atoms with van der Waals surface area (Å²) >= 11 is 0. The molecular formula is C31H31N3O7. The number of fused-ring (bicyclic) bond motifs is 2. The van der Waals surface area contributed by atoms with Gasteiger partial charge in [0.15, 0.2) is 12.4 Å². The molecule has 0 aliphatic rings. The number of hydrogen-bond donors (Lipinski definition) is 3. The Kier molecular flexibility index (Phi) is 9.47. The summed E-state index contributed by atoms with van der Waals surface area (Å²) < 4.78 is 11.4. The van der Waals surface area contributed by atoms with Gasteiger partial charge in [-0.3, -0.25) is 24.2 Å². The molecule has 4 aromatic rings. The van der Waals surface area contributed by atoms with Gasteiger partial charge < -0.3 is 25.2 Å². The van der Waals surface area contributed by atoms with E-state index >= 15 is 0 Å². The Balaban J connectivity index is 1.38. The first kappa shape index (κ1) is 29.0. The second-order valence-electron chi connectivity index (χ2n) is 9.83. The third-order valence-electron chi connectivity index (χ3n) is 6.46. The van der Waals surface area contributed by atoms with Crippen molar-refractivity contribution in [2.24, 2.45) is 5.92 Å². The van der Waals surface area contributed by atoms with Gasteiger partial charge in [0.2, 0.25) is 5.91 Å². The molecule has 3 N–H and O–H groups in total. The van der Waals surface area contributed by atoms with Crippen molar-refractivity contribution in [2.45, 2.75) is 32.4 Å². The van der Waals surface area contributed by atoms with E-state index in [9.17, 15) is 24.3 Å². The molecule has 2 amide bonds. The Morgan fingerprint density at radius 1 is 0.780 bits per heavy atom. The number of carboxylic acids is 1. The van der Waals surface area contributed by atoms with Crippen molar-refractivity contribution >= 4 is 45.1 Å². The number of carboxylic acid groups (broad SMARTS) is 1. The molecule has 0 saturated carbocycles. The Morgan fingerprint density at radius 2 is 1.41 bits per heavy atom. The molecule has 41 heavy (non-hydrogen) atoms. The average Bonchev–Trinajstić information content (AvgIpc) is 2.96. The largest absolute Gasteiger partial charge is 0.483 e. The fourth-order valence-corrected chi connectivity index (χ4v) is 4.35. The second kappa shape index (κ2) is 13.4. The monoisotopic (exact) mass is 557 g/mol. The van der Waals surface area contributed by atoms with Crippen LogP contribution >= 0.6 is 0 Å². The zero-order valence-corrected chi connectivity index (χ0v) is 22.7. The minimum absolute atomic E-state index is 0.338. The zero-order chi connectivity index (χ0) is 29.4. The summed E-state index contributed by atoms with van der Waals surface area (Å²) in [6.45, 7) is 2.63. The maximum absolute atomic E-state index is 13.2. The van der Waals surface area contributed by atoms with E-state index in [4.69, 9.17) is 9.47 Å². The van der Waals surface area contributed by atoms with Crippen LogP contribution in [0.5, 0.6) is 11.5 Å². The summed E-state index contributed by atoms with van der Waals surface area (Å²) in [4.78, 5) is 54.5. The molecule has 0 radical (unpaired) electrons. The molecule has 3 aromatic carbocycles. The minimum atomic E-state index is -1.37. The number of aliphatic carboxylic acids is 1. The van der Waals surface area contributed by atoms with Crippen molar-refractivity contribution in [1.29, 1.82) is 0 Å². The van der Waals surface area contributed by atoms with E-state index in [-0.39, 0.29) is 12.5 Å². The van der Waals surface area contributed by atoms with Gasteiger partial charge >= 0.3 is 5.97 Å². The van der Waals surface area contributed by atoms with Crippen molar-refractivity contribution in [1.82, 2.24) is 15.6 Å². The molecule has 0 fully saturated rings. The molecule has 2 atom stereocenters. The van der Waals surface area contributed by atoms with Crippen LogP contribution in [0, 0.1) is 5.92 Å². The van der Waals surface area contributed by atoms with Crippen LogP contribution in [0.25, 0.3) is 21.5 Å². The third kappa shape index (κ3) is 7.57. The van der Waals surface area contributed by atoms with Gasteiger partial charge in [0.1, 0.15) is 30.2 Å². The van der Waals surface area contributed by atoms with Gasteiger partial charge in [0, 0.05) is 22.4 Å². The molecule has 1 aromatic heterocycles. The van der Waals surface area contributed by atoms with Crippen LogP contribution < -0.4 is 20.1 Å². The lowest BCUT2D eigenvalue weighted by atomic mass is 10.0. The first-order valence-electron chi connectivity index (χ1n) is 13.1. The maximum atomic E-state index is 13.2. The zero-order valence-electron chi connectivity index (χ0n) is 22.7. The average molecular weight is 558 g/mol. The lowest BCUT2D eigenvalue weighted by Crippen LogP contribution is -2.55. The van der Waals surface area contributed by atoms with Crippen molar-refractivity contribution in [3.8, 4) is 11.5 Å². The fraction of sp³-hybridized carbons (Fsp3) is 0.258. The van der Waals surface area contributed by atoms with Gasteiger partial charge in [-0.05, 0) is 17.4 Å². The number of ketones is 1. The molecule has 0 aliphatic heterocycles. The van der Waals surface area contributed by atoms with E-state index in [1.54, 1.807) is 26.1 Å². The van der Waals surface area contributed by atoms with Crippen LogP contribution in [-0.4, -0.2) is 59.0 Å². The quantitative estimate of drug-likeness (QED) is 0.227. The number of aromatic nitrogens is 1. The molecule has 0 spiro atoms. The van der Waals surface area contributed by atoms with Gasteiger partial charge in [-0.1, -0.05) is 74.5 Å². The topological polar surface area (TPSA) is 144 Å². The van der Waals surface area contributed by atoms with Crippen LogP contribution in [0.2, 0.25) is 0 Å². The summed E-state index contributed by atoms with van der Waals surface area (Å²) in [7, 11) is 0. The van der Waals surface area contributed by atoms with Gasteiger partial charge in [-0.25, -0.2) is 0 Å². The SMILES string of the molecule is CC(C)[C@H](NC(=O)COc1cccc2ccccc12)C(=O)N[C@@H](CC(=O)O)C(=O)COc1cncc2ccccc12. The predicted octanol–water partition coefficient (Wildman–Crippen LogP) is 3.52. The van der Waals surface area contributed by atoms with Crippen molar-refractivity contribution in [3.63, 3.8) is 0 Å². The third-order valence-corrected chi connectivity index (χ3v) is 6.46. The number of benzene rings is 3. The second-order valence-corrected chi connectivity index (χ2v) is 9.83. The van der Waals surface area contributed by atoms with Crippen LogP contribution in [0.3, 0.4) is 0 Å². The minimum Gasteiger partial charge on any atom is -0.483 e. The molecule has 0 unspecified atom stereocenters. The first-order chi connectivity index (χ1) is 19.7. The molecule has 0 saturated heterocycles. The van der Waals surface area contributed by atoms with Crippen molar-refractivity contribution < 1.29 is 33.8 Å². The molecule has 10 heteroatoms. The molecule has 1 heterocycles. The standard InChI is InChI=1S/C31H31N3O7/c1-19(2)30(34-28(36)18-41-26-13-7-10-20-8-3-5-11-22(20)26)31(39)33-24(14-29(37)38)25(35)17-40-27-16-32-15-21-9-4-6-12-23(21)27/h3-13,15-16,19,24,30H,14,17-18H2,1-2H3,(H,33,39)(H,34,36)(H,37,38)/t24-,30-/m0/s1. The van der Waals surface area contributed by atoms with Gasteiger partial charge in [0.05, 0.1) is 12.6 Å². The summed E-state index contributed by atoms with van der Waals surface area (Å²) in [5, 5.41) is 17.9. The van der Waals surface area contributed by atoms with Gasteiger partial charge in [-0.2, -0.15) is 0 Å². The van der Waals surface area contributed by atoms with Gasteiger partial charge in [-0.15, -0.1) is 0 Å². The number of amides is 2. The lowest BCUT2D eigenvalue weighted by molar-refractivity contribution is -0.141. The van der Waals surface area contributed by atoms with E-state index in [1.807, 2.05) is 60.7 Å². The lowest BCUT2D eigenvalue weighted by Gasteiger charge is -2.24. The van der Waals surface area contributed by atoms with E-state index in [0.717, 1.165) is 21.5 Å². The van der Waals surface area contributed by atoms with Crippen molar-refractivity contribution in [3.05, 3.63) is 79.1 Å². The van der Waals surface area contributed by atoms with E-state index in [2.05, 4.69) is 15.6 Å². The van der Waals surface area contributed by atoms with Crippen LogP contribution in [0.15, 0.2) is 79.1 Å². The number of hydrogen-bond acceptors (Lipinski definition) is 7. The Bertz CT molecular complexity index is 1560. The number of nitrogens with one attached hydrogen (secondary N) is 2. The van der Waals surface area contributed by atoms with Gasteiger partial charge in [0.25, 0.3) is 5.91 Å². The van der Waals surface area contributed by atoms with Crippen LogP contribution in [-0.2, 0) is 19.2 Å². The maximum Gasteiger partial charge on any atom is 0.305 e. The Hall–Kier alpha value is -4.99. The van der Waals surface area contributed by atoms with Crippen LogP contribution in [0.1, 0.15) is 20.3 Å². The summed E-state index contributed by atoms with van der Waals surface area (Å²) in [5.74, 6) is -2.63. The Morgan fingerprint density at radius 3 is 2.12 bits per heavy atom. The molecule has 0 aliphatic carbocycles. The predicted molar refractivity (Wildman–Crippen MR) is 153 cm³/mol. The molecule has 0 bridgehead atoms. The van der Waals surface area contributed by atoms with Crippen molar-refractivity contribution in [2.75, 3.05) is 13.2 Å². The number of rotatable bonds is 13. The highest BCUT2D eigenvalue weighted by atomic mass is 16.5. The molecule has 212 valence electrons. The molecule has 4 rings (SSSR count). The molecule has 10 nitrogen and oxygen atoms in total. The number of carbonyl (C=O) groups is 4. The number of pyridine rings is 1. The molecular weight excluding hydrogens is 526 g/mol. The first-order valence-corrected chi connectivity index (χ1v) is 13.1. The van der Waals surface area contributed by atoms with E-state index < -0.39 is 48.7 Å². The number of nitrogens with zero attached hydrogens (tertiary/aromatic N) is 1. The fourth-order valence-electron chi connectivity index (χ4n) is 4.35. The number of carbonyl (C=O) groups excluding carboxylic acids is 3. The highest BCUT2D eigenvalue weighted by molar-refractivity contribution is 5.96. The summed E-state index contributed by atoms with van der Waals surface area (Å²) in [6.07, 6.45) is 2.47. The number of ether oxygens (including phenoxy) is 2. The highest BCUT2D eigenvalue weighted by Crippen LogP contribution is 2.25. The van der Waals surface area contributed by atoms with E-state index in [1.165, 1.54) is 6.20 Å². The normalized spacial score (nSPS) is 12.5.